The lowest BCUT2D eigenvalue weighted by atomic mass is 9.86. The average molecular weight is 476 g/mol. The molecule has 0 amide bonds. The Labute approximate surface area is 204 Å². The van der Waals surface area contributed by atoms with Gasteiger partial charge in [0.25, 0.3) is 0 Å². The zero-order valence-corrected chi connectivity index (χ0v) is 20.8. The monoisotopic (exact) mass is 475 g/mol. The van der Waals surface area contributed by atoms with Crippen molar-refractivity contribution in [1.29, 1.82) is 0 Å². The number of hydroxylamine groups is 1. The van der Waals surface area contributed by atoms with Crippen molar-refractivity contribution >= 4 is 22.4 Å². The molecular formula is C25H33N9O. The molecule has 184 valence electrons. The van der Waals surface area contributed by atoms with E-state index in [-0.39, 0.29) is 5.54 Å². The van der Waals surface area contributed by atoms with Gasteiger partial charge in [-0.2, -0.15) is 5.10 Å². The molecule has 2 aliphatic heterocycles. The van der Waals surface area contributed by atoms with E-state index in [2.05, 4.69) is 48.5 Å². The van der Waals surface area contributed by atoms with Crippen LogP contribution in [-0.2, 0) is 15.9 Å². The highest BCUT2D eigenvalue weighted by molar-refractivity contribution is 5.92. The fourth-order valence-electron chi connectivity index (χ4n) is 5.26. The molecule has 10 nitrogen and oxygen atoms in total. The molecule has 1 saturated carbocycles. The lowest BCUT2D eigenvalue weighted by molar-refractivity contribution is 0.0754. The number of hydrogen-bond acceptors (Lipinski definition) is 9. The lowest BCUT2D eigenvalue weighted by Gasteiger charge is -2.25. The van der Waals surface area contributed by atoms with E-state index >= 15 is 0 Å². The third kappa shape index (κ3) is 3.66. The van der Waals surface area contributed by atoms with Crippen LogP contribution in [0, 0.1) is 5.92 Å². The van der Waals surface area contributed by atoms with E-state index in [0.29, 0.717) is 29.1 Å². The fourth-order valence-corrected chi connectivity index (χ4v) is 5.26. The minimum absolute atomic E-state index is 0.302. The van der Waals surface area contributed by atoms with Crippen LogP contribution in [0.4, 0.5) is 5.82 Å². The van der Waals surface area contributed by atoms with Crippen LogP contribution in [0.2, 0.25) is 0 Å². The van der Waals surface area contributed by atoms with E-state index in [4.69, 9.17) is 25.6 Å². The largest absolute Gasteiger partial charge is 0.411 e. The van der Waals surface area contributed by atoms with E-state index in [9.17, 15) is 0 Å². The summed E-state index contributed by atoms with van der Waals surface area (Å²) in [5.41, 5.74) is 12.1. The number of anilines is 1. The van der Waals surface area contributed by atoms with Crippen molar-refractivity contribution in [2.75, 3.05) is 18.8 Å². The zero-order valence-electron chi connectivity index (χ0n) is 20.8. The normalized spacial score (nSPS) is 23.8. The number of nitrogens with zero attached hydrogens (tertiary/aromatic N) is 6. The smallest absolute Gasteiger partial charge is 0.164 e. The van der Waals surface area contributed by atoms with Gasteiger partial charge in [0.1, 0.15) is 29.1 Å². The number of nitrogens with two attached hydrogens (primary N) is 1. The van der Waals surface area contributed by atoms with Gasteiger partial charge in [-0.15, -0.1) is 5.48 Å². The van der Waals surface area contributed by atoms with Gasteiger partial charge in [-0.05, 0) is 77.9 Å². The predicted octanol–water partition coefficient (Wildman–Crippen LogP) is 2.99. The van der Waals surface area contributed by atoms with Crippen molar-refractivity contribution in [3.8, 4) is 0 Å². The van der Waals surface area contributed by atoms with Gasteiger partial charge < -0.3 is 15.9 Å². The number of fused-ring (bicyclic) bond motifs is 1. The van der Waals surface area contributed by atoms with Gasteiger partial charge in [0.05, 0.1) is 16.5 Å². The minimum atomic E-state index is -0.818. The summed E-state index contributed by atoms with van der Waals surface area (Å²) in [4.78, 5) is 24.7. The molecule has 3 aliphatic rings. The van der Waals surface area contributed by atoms with E-state index in [0.717, 1.165) is 61.2 Å². The maximum atomic E-state index is 6.41. The topological polar surface area (TPSA) is 129 Å². The molecule has 0 spiro atoms. The maximum Gasteiger partial charge on any atom is 0.164 e. The summed E-state index contributed by atoms with van der Waals surface area (Å²) in [6.07, 6.45) is 9.85. The standard InChI is InChI=1S/C25H33N9O/c1-24(2,3)34-23-17(21(26)30-13-31-23)20(32-34)25(4)18(19(35-33-25)15-5-6-15)22-28-11-16(12-29-22)14-7-9-27-10-8-14/h11-15,27,33H,5-10H2,1-4H3,(H2,26,30,31). The molecule has 10 heteroatoms. The molecule has 2 fully saturated rings. The molecule has 4 N–H and O–H groups in total. The molecule has 1 saturated heterocycles. The Kier molecular flexibility index (Phi) is 5.08. The first-order chi connectivity index (χ1) is 16.8. The van der Waals surface area contributed by atoms with Crippen molar-refractivity contribution in [2.45, 2.75) is 70.4 Å². The Balaban J connectivity index is 1.49. The fraction of sp³-hybridized carbons (Fsp3) is 0.560. The van der Waals surface area contributed by atoms with Crippen molar-refractivity contribution in [2.24, 2.45) is 5.92 Å². The number of allylic oxidation sites excluding steroid dienone is 1. The van der Waals surface area contributed by atoms with Crippen LogP contribution in [0.25, 0.3) is 16.6 Å². The molecular weight excluding hydrogens is 442 g/mol. The highest BCUT2D eigenvalue weighted by Crippen LogP contribution is 2.51. The lowest BCUT2D eigenvalue weighted by Crippen LogP contribution is -2.37. The summed E-state index contributed by atoms with van der Waals surface area (Å²) in [6, 6.07) is 0. The first-order valence-corrected chi connectivity index (χ1v) is 12.5. The summed E-state index contributed by atoms with van der Waals surface area (Å²) < 4.78 is 1.91. The van der Waals surface area contributed by atoms with E-state index in [1.807, 2.05) is 17.1 Å². The molecule has 0 bridgehead atoms. The second-order valence-corrected chi connectivity index (χ2v) is 11.1. The second kappa shape index (κ2) is 7.96. The quantitative estimate of drug-likeness (QED) is 0.521. The molecule has 0 aromatic carbocycles. The van der Waals surface area contributed by atoms with Gasteiger partial charge in [0.15, 0.2) is 11.5 Å². The van der Waals surface area contributed by atoms with E-state index in [1.165, 1.54) is 11.9 Å². The van der Waals surface area contributed by atoms with Crippen LogP contribution in [-0.4, -0.2) is 42.8 Å². The van der Waals surface area contributed by atoms with Crippen molar-refractivity contribution < 1.29 is 4.84 Å². The van der Waals surface area contributed by atoms with Crippen LogP contribution in [0.1, 0.15) is 76.4 Å². The number of rotatable bonds is 4. The summed E-state index contributed by atoms with van der Waals surface area (Å²) >= 11 is 0. The molecule has 1 unspecified atom stereocenters. The van der Waals surface area contributed by atoms with E-state index < -0.39 is 5.54 Å². The number of nitrogens with one attached hydrogen (secondary N) is 2. The molecule has 5 heterocycles. The molecule has 1 atom stereocenters. The summed E-state index contributed by atoms with van der Waals surface area (Å²) in [5, 5.41) is 9.20. The van der Waals surface area contributed by atoms with Gasteiger partial charge in [0.2, 0.25) is 0 Å². The summed E-state index contributed by atoms with van der Waals surface area (Å²) in [7, 11) is 0. The number of aromatic nitrogens is 6. The highest BCUT2D eigenvalue weighted by Gasteiger charge is 2.50. The molecule has 1 aliphatic carbocycles. The predicted molar refractivity (Wildman–Crippen MR) is 133 cm³/mol. The highest BCUT2D eigenvalue weighted by atomic mass is 16.7. The Morgan fingerprint density at radius 3 is 2.40 bits per heavy atom. The van der Waals surface area contributed by atoms with Crippen LogP contribution in [0.5, 0.6) is 0 Å². The minimum Gasteiger partial charge on any atom is -0.411 e. The molecule has 3 aromatic rings. The van der Waals surface area contributed by atoms with Gasteiger partial charge >= 0.3 is 0 Å². The molecule has 6 rings (SSSR count). The van der Waals surface area contributed by atoms with Gasteiger partial charge in [-0.25, -0.2) is 24.6 Å². The SMILES string of the molecule is CC1(c2nn(C(C)(C)C)c3ncnc(N)c23)NOC(C2CC2)=C1c1ncc(C2CCNCC2)cn1. The number of hydrogen-bond donors (Lipinski definition) is 3. The van der Waals surface area contributed by atoms with E-state index in [1.54, 1.807) is 0 Å². The maximum absolute atomic E-state index is 6.41. The third-order valence-electron chi connectivity index (χ3n) is 7.37. The van der Waals surface area contributed by atoms with Crippen LogP contribution in [0.15, 0.2) is 24.5 Å². The van der Waals surface area contributed by atoms with Crippen molar-refractivity contribution in [3.05, 3.63) is 41.6 Å². The third-order valence-corrected chi connectivity index (χ3v) is 7.37. The van der Waals surface area contributed by atoms with Crippen LogP contribution >= 0.6 is 0 Å². The first-order valence-electron chi connectivity index (χ1n) is 12.5. The Morgan fingerprint density at radius 1 is 1.03 bits per heavy atom. The molecule has 35 heavy (non-hydrogen) atoms. The van der Waals surface area contributed by atoms with Crippen molar-refractivity contribution in [1.82, 2.24) is 40.5 Å². The van der Waals surface area contributed by atoms with Gasteiger partial charge in [-0.3, -0.25) is 0 Å². The van der Waals surface area contributed by atoms with Gasteiger partial charge in [-0.1, -0.05) is 0 Å². The van der Waals surface area contributed by atoms with Crippen LogP contribution in [0.3, 0.4) is 0 Å². The van der Waals surface area contributed by atoms with Crippen LogP contribution < -0.4 is 16.5 Å². The summed E-state index contributed by atoms with van der Waals surface area (Å²) in [5.74, 6) is 2.80. The average Bonchev–Trinajstić information content (AvgIpc) is 3.50. The number of piperidine rings is 1. The molecule has 3 aromatic heterocycles. The first kappa shape index (κ1) is 22.4. The Morgan fingerprint density at radius 2 is 1.74 bits per heavy atom. The number of nitrogen functional groups attached to an aromatic ring is 1. The second-order valence-electron chi connectivity index (χ2n) is 11.1. The van der Waals surface area contributed by atoms with Gasteiger partial charge in [0, 0.05) is 18.3 Å². The zero-order chi connectivity index (χ0) is 24.4. The summed E-state index contributed by atoms with van der Waals surface area (Å²) in [6.45, 7) is 10.4. The Hall–Kier alpha value is -3.11. The Bertz CT molecular complexity index is 1300. The van der Waals surface area contributed by atoms with Crippen molar-refractivity contribution in [3.63, 3.8) is 0 Å². The molecule has 0 radical (unpaired) electrons.